The van der Waals surface area contributed by atoms with E-state index in [1.807, 2.05) is 12.1 Å². The predicted octanol–water partition coefficient (Wildman–Crippen LogP) is 4.71. The standard InChI is InChI=1S/C12H9Cl3N2/c13-8-3-4-11(9(14)5-8)17-12(15)6-10(16-17)7-1-2-7/h3-7H,1-2H2. The van der Waals surface area contributed by atoms with Crippen molar-refractivity contribution in [1.29, 1.82) is 0 Å². The number of hydrogen-bond donors (Lipinski definition) is 0. The number of benzene rings is 1. The molecule has 1 saturated carbocycles. The Balaban J connectivity index is 2.07. The summed E-state index contributed by atoms with van der Waals surface area (Å²) < 4.78 is 1.66. The van der Waals surface area contributed by atoms with Crippen LogP contribution in [0.2, 0.25) is 15.2 Å². The topological polar surface area (TPSA) is 17.8 Å². The largest absolute Gasteiger partial charge is 0.220 e. The minimum Gasteiger partial charge on any atom is -0.220 e. The van der Waals surface area contributed by atoms with E-state index in [1.54, 1.807) is 16.8 Å². The van der Waals surface area contributed by atoms with Gasteiger partial charge in [-0.3, -0.25) is 0 Å². The Morgan fingerprint density at radius 3 is 2.53 bits per heavy atom. The molecular weight excluding hydrogens is 279 g/mol. The molecule has 0 bridgehead atoms. The molecule has 1 heterocycles. The van der Waals surface area contributed by atoms with Gasteiger partial charge in [-0.2, -0.15) is 5.10 Å². The molecule has 1 aliphatic carbocycles. The molecule has 0 saturated heterocycles. The van der Waals surface area contributed by atoms with Crippen molar-refractivity contribution in [2.24, 2.45) is 0 Å². The second-order valence-electron chi connectivity index (χ2n) is 4.17. The maximum Gasteiger partial charge on any atom is 0.133 e. The summed E-state index contributed by atoms with van der Waals surface area (Å²) >= 11 is 18.2. The second-order valence-corrected chi connectivity index (χ2v) is 5.40. The lowest BCUT2D eigenvalue weighted by Gasteiger charge is -2.05. The van der Waals surface area contributed by atoms with Crippen LogP contribution >= 0.6 is 34.8 Å². The molecule has 1 aliphatic rings. The monoisotopic (exact) mass is 286 g/mol. The lowest BCUT2D eigenvalue weighted by molar-refractivity contribution is 0.838. The highest BCUT2D eigenvalue weighted by Crippen LogP contribution is 2.40. The molecule has 5 heteroatoms. The first kappa shape index (κ1) is 11.4. The molecule has 2 nitrogen and oxygen atoms in total. The van der Waals surface area contributed by atoms with Crippen LogP contribution in [0.5, 0.6) is 0 Å². The molecule has 0 amide bonds. The van der Waals surface area contributed by atoms with Gasteiger partial charge in [0.1, 0.15) is 5.15 Å². The molecular formula is C12H9Cl3N2. The third-order valence-electron chi connectivity index (χ3n) is 2.82. The number of rotatable bonds is 2. The molecule has 0 atom stereocenters. The van der Waals surface area contributed by atoms with E-state index in [2.05, 4.69) is 5.10 Å². The van der Waals surface area contributed by atoms with Crippen LogP contribution in [0, 0.1) is 0 Å². The number of nitrogens with zero attached hydrogens (tertiary/aromatic N) is 2. The summed E-state index contributed by atoms with van der Waals surface area (Å²) in [6.07, 6.45) is 2.39. The normalized spacial score (nSPS) is 15.2. The van der Waals surface area contributed by atoms with Crippen molar-refractivity contribution in [1.82, 2.24) is 9.78 Å². The predicted molar refractivity (Wildman–Crippen MR) is 70.6 cm³/mol. The van der Waals surface area contributed by atoms with E-state index in [-0.39, 0.29) is 0 Å². The van der Waals surface area contributed by atoms with Gasteiger partial charge in [-0.15, -0.1) is 0 Å². The lowest BCUT2D eigenvalue weighted by atomic mass is 10.3. The van der Waals surface area contributed by atoms with E-state index < -0.39 is 0 Å². The van der Waals surface area contributed by atoms with Crippen LogP contribution in [-0.4, -0.2) is 9.78 Å². The van der Waals surface area contributed by atoms with Crippen molar-refractivity contribution in [2.45, 2.75) is 18.8 Å². The SMILES string of the molecule is Clc1ccc(-n2nc(C3CC3)cc2Cl)c(Cl)c1. The molecule has 1 aromatic heterocycles. The van der Waals surface area contributed by atoms with Gasteiger partial charge in [-0.1, -0.05) is 34.8 Å². The Kier molecular flexibility index (Phi) is 2.81. The van der Waals surface area contributed by atoms with Crippen LogP contribution in [-0.2, 0) is 0 Å². The van der Waals surface area contributed by atoms with Crippen molar-refractivity contribution in [2.75, 3.05) is 0 Å². The quantitative estimate of drug-likeness (QED) is 0.782. The lowest BCUT2D eigenvalue weighted by Crippen LogP contribution is -1.98. The van der Waals surface area contributed by atoms with Crippen LogP contribution in [0.4, 0.5) is 0 Å². The molecule has 88 valence electrons. The van der Waals surface area contributed by atoms with E-state index in [1.165, 1.54) is 12.8 Å². The Labute approximate surface area is 114 Å². The Bertz CT molecular complexity index is 573. The highest BCUT2D eigenvalue weighted by molar-refractivity contribution is 6.36. The van der Waals surface area contributed by atoms with Crippen LogP contribution in [0.25, 0.3) is 5.69 Å². The van der Waals surface area contributed by atoms with Gasteiger partial charge in [0.15, 0.2) is 0 Å². The molecule has 0 aliphatic heterocycles. The maximum atomic E-state index is 6.17. The summed E-state index contributed by atoms with van der Waals surface area (Å²) in [4.78, 5) is 0. The first-order chi connectivity index (χ1) is 8.15. The summed E-state index contributed by atoms with van der Waals surface area (Å²) in [5.41, 5.74) is 1.80. The highest BCUT2D eigenvalue weighted by atomic mass is 35.5. The third kappa shape index (κ3) is 2.17. The Morgan fingerprint density at radius 1 is 1.12 bits per heavy atom. The van der Waals surface area contributed by atoms with Gasteiger partial charge in [0.25, 0.3) is 0 Å². The van der Waals surface area contributed by atoms with Crippen molar-refractivity contribution < 1.29 is 0 Å². The van der Waals surface area contributed by atoms with Gasteiger partial charge in [0.05, 0.1) is 16.4 Å². The molecule has 0 radical (unpaired) electrons. The van der Waals surface area contributed by atoms with Crippen LogP contribution in [0.1, 0.15) is 24.5 Å². The van der Waals surface area contributed by atoms with E-state index in [9.17, 15) is 0 Å². The third-order valence-corrected chi connectivity index (χ3v) is 3.63. The molecule has 0 N–H and O–H groups in total. The van der Waals surface area contributed by atoms with Gasteiger partial charge in [-0.25, -0.2) is 4.68 Å². The zero-order valence-corrected chi connectivity index (χ0v) is 11.1. The van der Waals surface area contributed by atoms with E-state index in [0.717, 1.165) is 11.4 Å². The van der Waals surface area contributed by atoms with Gasteiger partial charge in [-0.05, 0) is 37.1 Å². The van der Waals surface area contributed by atoms with Gasteiger partial charge in [0.2, 0.25) is 0 Å². The van der Waals surface area contributed by atoms with Crippen molar-refractivity contribution in [3.05, 3.63) is 45.2 Å². The summed E-state index contributed by atoms with van der Waals surface area (Å²) in [5, 5.41) is 6.22. The summed E-state index contributed by atoms with van der Waals surface area (Å²) in [7, 11) is 0. The zero-order valence-electron chi connectivity index (χ0n) is 8.83. The average Bonchev–Trinajstić information content (AvgIpc) is 3.04. The second kappa shape index (κ2) is 4.20. The smallest absolute Gasteiger partial charge is 0.133 e. The summed E-state index contributed by atoms with van der Waals surface area (Å²) in [6.45, 7) is 0. The Hall–Kier alpha value is -0.700. The van der Waals surface area contributed by atoms with Crippen molar-refractivity contribution in [3.63, 3.8) is 0 Å². The summed E-state index contributed by atoms with van der Waals surface area (Å²) in [6, 6.07) is 7.19. The van der Waals surface area contributed by atoms with Crippen molar-refractivity contribution in [3.8, 4) is 5.69 Å². The molecule has 3 rings (SSSR count). The van der Waals surface area contributed by atoms with Crippen molar-refractivity contribution >= 4 is 34.8 Å². The fraction of sp³-hybridized carbons (Fsp3) is 0.250. The number of hydrogen-bond acceptors (Lipinski definition) is 1. The van der Waals surface area contributed by atoms with Crippen LogP contribution in [0.15, 0.2) is 24.3 Å². The molecule has 0 unspecified atom stereocenters. The van der Waals surface area contributed by atoms with Gasteiger partial charge < -0.3 is 0 Å². The van der Waals surface area contributed by atoms with E-state index >= 15 is 0 Å². The molecule has 17 heavy (non-hydrogen) atoms. The van der Waals surface area contributed by atoms with Gasteiger partial charge >= 0.3 is 0 Å². The van der Waals surface area contributed by atoms with E-state index in [0.29, 0.717) is 21.1 Å². The molecule has 1 aromatic carbocycles. The van der Waals surface area contributed by atoms with Crippen LogP contribution < -0.4 is 0 Å². The highest BCUT2D eigenvalue weighted by Gasteiger charge is 2.27. The number of aromatic nitrogens is 2. The first-order valence-electron chi connectivity index (χ1n) is 5.36. The van der Waals surface area contributed by atoms with E-state index in [4.69, 9.17) is 34.8 Å². The molecule has 2 aromatic rings. The maximum absolute atomic E-state index is 6.17. The Morgan fingerprint density at radius 2 is 1.88 bits per heavy atom. The van der Waals surface area contributed by atoms with Crippen LogP contribution in [0.3, 0.4) is 0 Å². The fourth-order valence-corrected chi connectivity index (χ4v) is 2.51. The number of halogens is 3. The minimum atomic E-state index is 0.546. The molecule has 1 fully saturated rings. The fourth-order valence-electron chi connectivity index (χ4n) is 1.78. The zero-order chi connectivity index (χ0) is 12.0. The average molecular weight is 288 g/mol. The minimum absolute atomic E-state index is 0.546. The molecule has 0 spiro atoms. The first-order valence-corrected chi connectivity index (χ1v) is 6.49. The summed E-state index contributed by atoms with van der Waals surface area (Å²) in [5.74, 6) is 0.569. The van der Waals surface area contributed by atoms with Gasteiger partial charge in [0, 0.05) is 10.9 Å².